The van der Waals surface area contributed by atoms with Gasteiger partial charge in [0.15, 0.2) is 17.4 Å². The van der Waals surface area contributed by atoms with Crippen molar-refractivity contribution in [1.82, 2.24) is 30.2 Å². The molecule has 0 unspecified atom stereocenters. The maximum Gasteiger partial charge on any atom is 0.226 e. The van der Waals surface area contributed by atoms with Crippen LogP contribution in [-0.2, 0) is 13.1 Å². The number of guanidine groups is 1. The molecule has 0 saturated heterocycles. The standard InChI is InChI=1S/C19H19N7O/c1-20-19(22-12-17-25-24-16-9-5-6-10-26(16)17)21-11-15-13-27-18(23-15)14-7-3-2-4-8-14/h2-10,13H,11-12H2,1H3,(H2,20,21,22). The Morgan fingerprint density at radius 3 is 2.70 bits per heavy atom. The Morgan fingerprint density at radius 1 is 1.04 bits per heavy atom. The van der Waals surface area contributed by atoms with Crippen LogP contribution in [0.2, 0.25) is 0 Å². The fourth-order valence-electron chi connectivity index (χ4n) is 2.67. The summed E-state index contributed by atoms with van der Waals surface area (Å²) < 4.78 is 7.49. The Morgan fingerprint density at radius 2 is 1.85 bits per heavy atom. The SMILES string of the molecule is CN=C(NCc1coc(-c2ccccc2)n1)NCc1nnc2ccccn12. The highest BCUT2D eigenvalue weighted by molar-refractivity contribution is 5.79. The lowest BCUT2D eigenvalue weighted by molar-refractivity contribution is 0.572. The van der Waals surface area contributed by atoms with Gasteiger partial charge >= 0.3 is 0 Å². The number of hydrogen-bond acceptors (Lipinski definition) is 5. The Bertz CT molecular complexity index is 1050. The van der Waals surface area contributed by atoms with E-state index in [1.54, 1.807) is 13.3 Å². The number of hydrogen-bond donors (Lipinski definition) is 2. The van der Waals surface area contributed by atoms with E-state index in [2.05, 4.69) is 30.8 Å². The highest BCUT2D eigenvalue weighted by Gasteiger charge is 2.08. The monoisotopic (exact) mass is 361 g/mol. The van der Waals surface area contributed by atoms with Crippen molar-refractivity contribution in [3.63, 3.8) is 0 Å². The first-order valence-corrected chi connectivity index (χ1v) is 8.56. The van der Waals surface area contributed by atoms with Crippen LogP contribution in [0.4, 0.5) is 0 Å². The molecule has 0 saturated carbocycles. The quantitative estimate of drug-likeness (QED) is 0.418. The molecule has 0 fully saturated rings. The molecule has 8 heteroatoms. The molecule has 4 aromatic rings. The number of oxazole rings is 1. The predicted molar refractivity (Wildman–Crippen MR) is 102 cm³/mol. The van der Waals surface area contributed by atoms with Gasteiger partial charge in [-0.2, -0.15) is 0 Å². The average Bonchev–Trinajstić information content (AvgIpc) is 3.36. The van der Waals surface area contributed by atoms with Gasteiger partial charge in [-0.05, 0) is 24.3 Å². The smallest absolute Gasteiger partial charge is 0.226 e. The van der Waals surface area contributed by atoms with E-state index in [1.807, 2.05) is 59.1 Å². The number of pyridine rings is 1. The van der Waals surface area contributed by atoms with Crippen molar-refractivity contribution in [2.24, 2.45) is 4.99 Å². The maximum atomic E-state index is 5.55. The van der Waals surface area contributed by atoms with Gasteiger partial charge in [-0.25, -0.2) is 4.98 Å². The summed E-state index contributed by atoms with van der Waals surface area (Å²) in [6, 6.07) is 15.6. The number of rotatable bonds is 5. The summed E-state index contributed by atoms with van der Waals surface area (Å²) in [5, 5.41) is 14.8. The molecular formula is C19H19N7O. The Hall–Kier alpha value is -3.68. The first kappa shape index (κ1) is 16.8. The van der Waals surface area contributed by atoms with Gasteiger partial charge < -0.3 is 15.1 Å². The zero-order valence-corrected chi connectivity index (χ0v) is 14.8. The molecular weight excluding hydrogens is 342 g/mol. The van der Waals surface area contributed by atoms with E-state index in [9.17, 15) is 0 Å². The number of benzene rings is 1. The lowest BCUT2D eigenvalue weighted by Crippen LogP contribution is -2.36. The van der Waals surface area contributed by atoms with Gasteiger partial charge in [0.1, 0.15) is 6.26 Å². The molecule has 2 N–H and O–H groups in total. The highest BCUT2D eigenvalue weighted by atomic mass is 16.3. The van der Waals surface area contributed by atoms with E-state index in [1.165, 1.54) is 0 Å². The van der Waals surface area contributed by atoms with Crippen LogP contribution in [-0.4, -0.2) is 32.6 Å². The van der Waals surface area contributed by atoms with E-state index >= 15 is 0 Å². The molecule has 8 nitrogen and oxygen atoms in total. The first-order valence-electron chi connectivity index (χ1n) is 8.56. The van der Waals surface area contributed by atoms with Crippen LogP contribution in [0.5, 0.6) is 0 Å². The second-order valence-corrected chi connectivity index (χ2v) is 5.83. The van der Waals surface area contributed by atoms with E-state index in [0.717, 1.165) is 22.7 Å². The lowest BCUT2D eigenvalue weighted by atomic mass is 10.2. The van der Waals surface area contributed by atoms with Crippen molar-refractivity contribution in [3.8, 4) is 11.5 Å². The molecule has 3 aromatic heterocycles. The molecule has 0 aliphatic heterocycles. The molecule has 0 aliphatic rings. The van der Waals surface area contributed by atoms with Gasteiger partial charge in [-0.15, -0.1) is 10.2 Å². The van der Waals surface area contributed by atoms with Gasteiger partial charge in [-0.1, -0.05) is 24.3 Å². The third kappa shape index (κ3) is 3.79. The molecule has 0 atom stereocenters. The van der Waals surface area contributed by atoms with Crippen LogP contribution >= 0.6 is 0 Å². The van der Waals surface area contributed by atoms with Gasteiger partial charge in [0, 0.05) is 18.8 Å². The normalized spacial score (nSPS) is 11.7. The summed E-state index contributed by atoms with van der Waals surface area (Å²) in [4.78, 5) is 8.73. The van der Waals surface area contributed by atoms with Gasteiger partial charge in [0.05, 0.1) is 18.8 Å². The summed E-state index contributed by atoms with van der Waals surface area (Å²) >= 11 is 0. The van der Waals surface area contributed by atoms with Crippen molar-refractivity contribution in [3.05, 3.63) is 72.5 Å². The Kier molecular flexibility index (Phi) is 4.78. The molecule has 0 bridgehead atoms. The van der Waals surface area contributed by atoms with E-state index in [-0.39, 0.29) is 0 Å². The van der Waals surface area contributed by atoms with Crippen LogP contribution in [0.15, 0.2) is 70.4 Å². The Labute approximate surface area is 156 Å². The topological polar surface area (TPSA) is 92.6 Å². The van der Waals surface area contributed by atoms with Gasteiger partial charge in [-0.3, -0.25) is 9.39 Å². The Balaban J connectivity index is 1.35. The lowest BCUT2D eigenvalue weighted by Gasteiger charge is -2.09. The zero-order valence-electron chi connectivity index (χ0n) is 14.8. The van der Waals surface area contributed by atoms with Crippen LogP contribution in [0.25, 0.3) is 17.1 Å². The largest absolute Gasteiger partial charge is 0.444 e. The first-order chi connectivity index (χ1) is 13.3. The summed E-state index contributed by atoms with van der Waals surface area (Å²) in [5.74, 6) is 2.05. The molecule has 0 spiro atoms. The minimum absolute atomic E-state index is 0.497. The maximum absolute atomic E-state index is 5.55. The van der Waals surface area contributed by atoms with Crippen LogP contribution in [0, 0.1) is 0 Å². The van der Waals surface area contributed by atoms with E-state index in [0.29, 0.717) is 24.9 Å². The summed E-state index contributed by atoms with van der Waals surface area (Å²) in [5.41, 5.74) is 2.56. The molecule has 0 radical (unpaired) electrons. The minimum Gasteiger partial charge on any atom is -0.444 e. The van der Waals surface area contributed by atoms with Crippen molar-refractivity contribution < 1.29 is 4.42 Å². The third-order valence-electron chi connectivity index (χ3n) is 4.03. The average molecular weight is 361 g/mol. The van der Waals surface area contributed by atoms with Crippen molar-refractivity contribution in [2.75, 3.05) is 7.05 Å². The second-order valence-electron chi connectivity index (χ2n) is 5.83. The van der Waals surface area contributed by atoms with Gasteiger partial charge in [0.25, 0.3) is 0 Å². The number of fused-ring (bicyclic) bond motifs is 1. The second kappa shape index (κ2) is 7.69. The molecule has 3 heterocycles. The molecule has 27 heavy (non-hydrogen) atoms. The molecule has 136 valence electrons. The fourth-order valence-corrected chi connectivity index (χ4v) is 2.67. The van der Waals surface area contributed by atoms with E-state index in [4.69, 9.17) is 4.42 Å². The minimum atomic E-state index is 0.497. The van der Waals surface area contributed by atoms with Crippen LogP contribution in [0.3, 0.4) is 0 Å². The van der Waals surface area contributed by atoms with Crippen molar-refractivity contribution in [1.29, 1.82) is 0 Å². The van der Waals surface area contributed by atoms with Gasteiger partial charge in [0.2, 0.25) is 5.89 Å². The zero-order chi connectivity index (χ0) is 18.5. The predicted octanol–water partition coefficient (Wildman–Crippen LogP) is 2.25. The number of nitrogens with zero attached hydrogens (tertiary/aromatic N) is 5. The summed E-state index contributed by atoms with van der Waals surface area (Å²) in [7, 11) is 1.72. The third-order valence-corrected chi connectivity index (χ3v) is 4.03. The molecule has 0 amide bonds. The van der Waals surface area contributed by atoms with Crippen LogP contribution in [0.1, 0.15) is 11.5 Å². The summed E-state index contributed by atoms with van der Waals surface area (Å²) in [6.07, 6.45) is 3.58. The van der Waals surface area contributed by atoms with Crippen molar-refractivity contribution in [2.45, 2.75) is 13.1 Å². The molecule has 1 aromatic carbocycles. The summed E-state index contributed by atoms with van der Waals surface area (Å²) in [6.45, 7) is 0.996. The number of aromatic nitrogens is 4. The van der Waals surface area contributed by atoms with Crippen molar-refractivity contribution >= 4 is 11.6 Å². The highest BCUT2D eigenvalue weighted by Crippen LogP contribution is 2.17. The molecule has 0 aliphatic carbocycles. The number of nitrogens with one attached hydrogen (secondary N) is 2. The molecule has 4 rings (SSSR count). The number of aliphatic imine (C=N–C) groups is 1. The fraction of sp³-hybridized carbons (Fsp3) is 0.158. The van der Waals surface area contributed by atoms with E-state index < -0.39 is 0 Å². The van der Waals surface area contributed by atoms with Crippen LogP contribution < -0.4 is 10.6 Å².